The molecule has 1 unspecified atom stereocenters. The van der Waals surface area contributed by atoms with E-state index in [0.29, 0.717) is 6.42 Å². The number of rotatable bonds is 5. The topological polar surface area (TPSA) is 72.2 Å². The highest BCUT2D eigenvalue weighted by Crippen LogP contribution is 1.98. The van der Waals surface area contributed by atoms with Crippen LogP contribution in [0.5, 0.6) is 0 Å². The highest BCUT2D eigenvalue weighted by Gasteiger charge is 2.07. The average molecular weight is 180 g/mol. The van der Waals surface area contributed by atoms with Gasteiger partial charge in [0.1, 0.15) is 9.84 Å². The van der Waals surface area contributed by atoms with E-state index >= 15 is 0 Å². The minimum Gasteiger partial charge on any atom is -0.271 e. The summed E-state index contributed by atoms with van der Waals surface area (Å²) in [5.74, 6) is 5.37. The summed E-state index contributed by atoms with van der Waals surface area (Å²) in [7, 11) is -2.83. The fourth-order valence-electron chi connectivity index (χ4n) is 0.762. The molecule has 0 radical (unpaired) electrons. The van der Waals surface area contributed by atoms with Gasteiger partial charge >= 0.3 is 0 Å². The molecule has 0 saturated carbocycles. The highest BCUT2D eigenvalue weighted by molar-refractivity contribution is 7.90. The Morgan fingerprint density at radius 1 is 1.55 bits per heavy atom. The number of hydrazine groups is 1. The van der Waals surface area contributed by atoms with Crippen LogP contribution in [0.4, 0.5) is 0 Å². The lowest BCUT2D eigenvalue weighted by atomic mass is 10.2. The molecule has 0 aliphatic heterocycles. The molecule has 0 aliphatic rings. The molecule has 68 valence electrons. The van der Waals surface area contributed by atoms with E-state index in [9.17, 15) is 8.42 Å². The number of hydrogen-bond donors (Lipinski definition) is 2. The summed E-state index contributed by atoms with van der Waals surface area (Å²) in [6, 6.07) is 0.115. The van der Waals surface area contributed by atoms with E-state index in [1.807, 2.05) is 6.92 Å². The molecular weight excluding hydrogens is 164 g/mol. The van der Waals surface area contributed by atoms with Crippen LogP contribution in [0, 0.1) is 0 Å². The molecule has 0 amide bonds. The van der Waals surface area contributed by atoms with E-state index in [2.05, 4.69) is 5.43 Å². The van der Waals surface area contributed by atoms with Crippen molar-refractivity contribution < 1.29 is 8.42 Å². The molecule has 3 N–H and O–H groups in total. The van der Waals surface area contributed by atoms with Crippen LogP contribution in [0.1, 0.15) is 19.8 Å². The van der Waals surface area contributed by atoms with Crippen LogP contribution in [-0.2, 0) is 9.84 Å². The van der Waals surface area contributed by atoms with Gasteiger partial charge in [-0.1, -0.05) is 6.92 Å². The maximum Gasteiger partial charge on any atom is 0.147 e. The largest absolute Gasteiger partial charge is 0.271 e. The standard InChI is InChI=1S/C6H16N2O2S/c1-3-6(8-7)4-5-11(2,9)10/h6,8H,3-5,7H2,1-2H3. The summed E-state index contributed by atoms with van der Waals surface area (Å²) in [6.07, 6.45) is 2.67. The zero-order chi connectivity index (χ0) is 8.91. The summed E-state index contributed by atoms with van der Waals surface area (Å²) >= 11 is 0. The second-order valence-electron chi connectivity index (χ2n) is 2.69. The Morgan fingerprint density at radius 2 is 2.09 bits per heavy atom. The Morgan fingerprint density at radius 3 is 2.36 bits per heavy atom. The van der Waals surface area contributed by atoms with Crippen LogP contribution in [0.2, 0.25) is 0 Å². The summed E-state index contributed by atoms with van der Waals surface area (Å²) in [5, 5.41) is 0. The van der Waals surface area contributed by atoms with E-state index in [4.69, 9.17) is 5.84 Å². The Balaban J connectivity index is 3.69. The van der Waals surface area contributed by atoms with Crippen LogP contribution in [-0.4, -0.2) is 26.5 Å². The number of nitrogens with two attached hydrogens (primary N) is 1. The molecule has 0 fully saturated rings. The summed E-state index contributed by atoms with van der Waals surface area (Å²) in [6.45, 7) is 1.97. The lowest BCUT2D eigenvalue weighted by Gasteiger charge is -2.11. The van der Waals surface area contributed by atoms with Crippen LogP contribution in [0.15, 0.2) is 0 Å². The van der Waals surface area contributed by atoms with Gasteiger partial charge in [-0.05, 0) is 12.8 Å². The average Bonchev–Trinajstić information content (AvgIpc) is 1.88. The van der Waals surface area contributed by atoms with Crippen LogP contribution in [0.25, 0.3) is 0 Å². The van der Waals surface area contributed by atoms with Crippen molar-refractivity contribution in [2.24, 2.45) is 5.84 Å². The van der Waals surface area contributed by atoms with Gasteiger partial charge in [-0.15, -0.1) is 0 Å². The van der Waals surface area contributed by atoms with E-state index in [-0.39, 0.29) is 11.8 Å². The van der Waals surface area contributed by atoms with Crippen LogP contribution >= 0.6 is 0 Å². The first-order valence-electron chi connectivity index (χ1n) is 3.63. The molecule has 1 atom stereocenters. The van der Waals surface area contributed by atoms with E-state index in [0.717, 1.165) is 6.42 Å². The number of hydrogen-bond acceptors (Lipinski definition) is 4. The van der Waals surface area contributed by atoms with Gasteiger partial charge in [0, 0.05) is 12.3 Å². The van der Waals surface area contributed by atoms with Crippen molar-refractivity contribution >= 4 is 9.84 Å². The van der Waals surface area contributed by atoms with Crippen molar-refractivity contribution in [1.29, 1.82) is 0 Å². The first-order valence-corrected chi connectivity index (χ1v) is 5.69. The summed E-state index contributed by atoms with van der Waals surface area (Å²) in [5.41, 5.74) is 2.56. The molecule has 0 aromatic carbocycles. The molecule has 0 aromatic rings. The van der Waals surface area contributed by atoms with Gasteiger partial charge in [0.2, 0.25) is 0 Å². The third-order valence-electron chi connectivity index (χ3n) is 1.57. The molecule has 0 aliphatic carbocycles. The predicted molar refractivity (Wildman–Crippen MR) is 45.7 cm³/mol. The second-order valence-corrected chi connectivity index (χ2v) is 4.95. The van der Waals surface area contributed by atoms with Crippen LogP contribution < -0.4 is 11.3 Å². The summed E-state index contributed by atoms with van der Waals surface area (Å²) < 4.78 is 21.4. The van der Waals surface area contributed by atoms with Gasteiger partial charge in [-0.3, -0.25) is 11.3 Å². The molecule has 11 heavy (non-hydrogen) atoms. The van der Waals surface area contributed by atoms with Gasteiger partial charge in [-0.25, -0.2) is 8.42 Å². The zero-order valence-corrected chi connectivity index (χ0v) is 7.82. The molecule has 0 heterocycles. The molecule has 0 bridgehead atoms. The van der Waals surface area contributed by atoms with Crippen molar-refractivity contribution in [3.63, 3.8) is 0 Å². The summed E-state index contributed by atoms with van der Waals surface area (Å²) in [4.78, 5) is 0. The lowest BCUT2D eigenvalue weighted by Crippen LogP contribution is -2.35. The normalized spacial score (nSPS) is 14.8. The van der Waals surface area contributed by atoms with Crippen molar-refractivity contribution in [2.75, 3.05) is 12.0 Å². The quantitative estimate of drug-likeness (QED) is 0.448. The molecule has 5 heteroatoms. The van der Waals surface area contributed by atoms with Gasteiger partial charge < -0.3 is 0 Å². The predicted octanol–water partition coefficient (Wildman–Crippen LogP) is -0.337. The lowest BCUT2D eigenvalue weighted by molar-refractivity contribution is 0.496. The van der Waals surface area contributed by atoms with Crippen molar-refractivity contribution in [1.82, 2.24) is 5.43 Å². The second kappa shape index (κ2) is 4.69. The first-order chi connectivity index (χ1) is 4.99. The smallest absolute Gasteiger partial charge is 0.147 e. The zero-order valence-electron chi connectivity index (χ0n) is 7.00. The molecule has 0 spiro atoms. The third-order valence-corrected chi connectivity index (χ3v) is 2.54. The highest BCUT2D eigenvalue weighted by atomic mass is 32.2. The van der Waals surface area contributed by atoms with Crippen molar-refractivity contribution in [2.45, 2.75) is 25.8 Å². The maximum absolute atomic E-state index is 10.7. The SMILES string of the molecule is CCC(CCS(C)(=O)=O)NN. The fourth-order valence-corrected chi connectivity index (χ4v) is 1.47. The van der Waals surface area contributed by atoms with Gasteiger partial charge in [-0.2, -0.15) is 0 Å². The van der Waals surface area contributed by atoms with E-state index < -0.39 is 9.84 Å². The van der Waals surface area contributed by atoms with Gasteiger partial charge in [0.05, 0.1) is 5.75 Å². The minimum absolute atomic E-state index is 0.115. The molecule has 4 nitrogen and oxygen atoms in total. The van der Waals surface area contributed by atoms with Gasteiger partial charge in [0.25, 0.3) is 0 Å². The molecule has 0 aromatic heterocycles. The maximum atomic E-state index is 10.7. The first kappa shape index (κ1) is 10.9. The Labute approximate surface area is 68.0 Å². The van der Waals surface area contributed by atoms with Crippen LogP contribution in [0.3, 0.4) is 0 Å². The minimum atomic E-state index is -2.83. The van der Waals surface area contributed by atoms with E-state index in [1.54, 1.807) is 0 Å². The monoisotopic (exact) mass is 180 g/mol. The number of nitrogens with one attached hydrogen (secondary N) is 1. The Kier molecular flexibility index (Phi) is 4.63. The number of sulfone groups is 1. The molecular formula is C6H16N2O2S. The Hall–Kier alpha value is -0.130. The molecule has 0 rings (SSSR count). The van der Waals surface area contributed by atoms with E-state index in [1.165, 1.54) is 6.26 Å². The molecule has 0 saturated heterocycles. The fraction of sp³-hybridized carbons (Fsp3) is 1.00. The van der Waals surface area contributed by atoms with Crippen molar-refractivity contribution in [3.8, 4) is 0 Å². The Bertz CT molecular complexity index is 185. The third kappa shape index (κ3) is 6.28. The van der Waals surface area contributed by atoms with Gasteiger partial charge in [0.15, 0.2) is 0 Å². The van der Waals surface area contributed by atoms with Crippen molar-refractivity contribution in [3.05, 3.63) is 0 Å².